The molecular formula is C23H19ClN2O2. The number of hydrogen-bond donors (Lipinski definition) is 2. The summed E-state index contributed by atoms with van der Waals surface area (Å²) in [5.74, 6) is 0.741. The maximum atomic E-state index is 10.6. The fourth-order valence-electron chi connectivity index (χ4n) is 3.12. The summed E-state index contributed by atoms with van der Waals surface area (Å²) >= 11 is 6.32. The Kier molecular flexibility index (Phi) is 5.31. The van der Waals surface area contributed by atoms with Crippen LogP contribution in [0.25, 0.3) is 22.4 Å². The van der Waals surface area contributed by atoms with E-state index in [1.807, 2.05) is 54.6 Å². The van der Waals surface area contributed by atoms with Crippen molar-refractivity contribution >= 4 is 11.6 Å². The molecule has 0 aliphatic heterocycles. The maximum Gasteiger partial charge on any atom is 0.128 e. The molecule has 2 N–H and O–H groups in total. The Morgan fingerprint density at radius 1 is 0.893 bits per heavy atom. The van der Waals surface area contributed by atoms with Gasteiger partial charge in [-0.05, 0) is 23.8 Å². The summed E-state index contributed by atoms with van der Waals surface area (Å²) in [4.78, 5) is 0. The number of nitrogens with zero attached hydrogens (tertiary/aromatic N) is 1. The fourth-order valence-corrected chi connectivity index (χ4v) is 3.36. The van der Waals surface area contributed by atoms with Crippen LogP contribution in [0.5, 0.6) is 11.5 Å². The Morgan fingerprint density at radius 2 is 1.68 bits per heavy atom. The number of phenolic OH excluding ortho intramolecular Hbond substituents is 1. The quantitative estimate of drug-likeness (QED) is 0.442. The topological polar surface area (TPSA) is 58.1 Å². The first-order valence-electron chi connectivity index (χ1n) is 9.01. The molecule has 1 aromatic heterocycles. The molecular weight excluding hydrogens is 372 g/mol. The minimum Gasteiger partial charge on any atom is -0.507 e. The van der Waals surface area contributed by atoms with Gasteiger partial charge in [-0.2, -0.15) is 5.10 Å². The van der Waals surface area contributed by atoms with E-state index in [1.54, 1.807) is 12.3 Å². The zero-order valence-electron chi connectivity index (χ0n) is 15.1. The van der Waals surface area contributed by atoms with E-state index in [1.165, 1.54) is 5.56 Å². The number of ether oxygens (including phenoxy) is 1. The maximum absolute atomic E-state index is 10.6. The van der Waals surface area contributed by atoms with Crippen molar-refractivity contribution in [3.8, 4) is 33.9 Å². The van der Waals surface area contributed by atoms with Gasteiger partial charge in [0.05, 0.1) is 18.5 Å². The van der Waals surface area contributed by atoms with Crippen LogP contribution in [-0.4, -0.2) is 21.9 Å². The number of hydrogen-bond acceptors (Lipinski definition) is 3. The summed E-state index contributed by atoms with van der Waals surface area (Å²) in [7, 11) is 0. The van der Waals surface area contributed by atoms with Crippen molar-refractivity contribution in [2.24, 2.45) is 0 Å². The third-order valence-corrected chi connectivity index (χ3v) is 4.87. The van der Waals surface area contributed by atoms with Gasteiger partial charge in [-0.3, -0.25) is 5.10 Å². The van der Waals surface area contributed by atoms with E-state index in [4.69, 9.17) is 16.3 Å². The van der Waals surface area contributed by atoms with Crippen molar-refractivity contribution in [1.82, 2.24) is 10.2 Å². The Bertz CT molecular complexity index is 1080. The van der Waals surface area contributed by atoms with E-state index in [0.29, 0.717) is 28.6 Å². The number of aromatic hydroxyl groups is 1. The molecule has 4 rings (SSSR count). The number of H-pyrrole nitrogens is 1. The second-order valence-electron chi connectivity index (χ2n) is 6.40. The minimum absolute atomic E-state index is 0.120. The number of rotatable bonds is 6. The first-order valence-corrected chi connectivity index (χ1v) is 9.38. The lowest BCUT2D eigenvalue weighted by atomic mass is 10.0. The molecule has 0 unspecified atom stereocenters. The molecule has 0 amide bonds. The summed E-state index contributed by atoms with van der Waals surface area (Å²) < 4.78 is 5.79. The molecule has 0 aliphatic carbocycles. The van der Waals surface area contributed by atoms with Crippen LogP contribution < -0.4 is 4.74 Å². The number of halogens is 1. The second kappa shape index (κ2) is 8.19. The van der Waals surface area contributed by atoms with Gasteiger partial charge in [0.2, 0.25) is 0 Å². The molecule has 0 spiro atoms. The van der Waals surface area contributed by atoms with Crippen LogP contribution in [-0.2, 0) is 6.42 Å². The molecule has 4 nitrogen and oxygen atoms in total. The lowest BCUT2D eigenvalue weighted by molar-refractivity contribution is 0.320. The van der Waals surface area contributed by atoms with Crippen LogP contribution in [0.15, 0.2) is 79.0 Å². The van der Waals surface area contributed by atoms with Gasteiger partial charge in [-0.15, -0.1) is 0 Å². The van der Waals surface area contributed by atoms with Gasteiger partial charge in [-0.25, -0.2) is 0 Å². The molecule has 0 bridgehead atoms. The smallest absolute Gasteiger partial charge is 0.128 e. The van der Waals surface area contributed by atoms with Crippen LogP contribution >= 0.6 is 11.6 Å². The van der Waals surface area contributed by atoms with Gasteiger partial charge in [0.25, 0.3) is 0 Å². The summed E-state index contributed by atoms with van der Waals surface area (Å²) in [5.41, 5.74) is 4.25. The van der Waals surface area contributed by atoms with Crippen LogP contribution in [0.3, 0.4) is 0 Å². The number of nitrogens with one attached hydrogen (secondary N) is 1. The highest BCUT2D eigenvalue weighted by molar-refractivity contribution is 6.33. The van der Waals surface area contributed by atoms with Gasteiger partial charge in [0.1, 0.15) is 11.5 Å². The van der Waals surface area contributed by atoms with Crippen molar-refractivity contribution in [3.63, 3.8) is 0 Å². The molecule has 0 fully saturated rings. The van der Waals surface area contributed by atoms with Crippen LogP contribution in [0, 0.1) is 0 Å². The lowest BCUT2D eigenvalue weighted by Crippen LogP contribution is -2.01. The largest absolute Gasteiger partial charge is 0.507 e. The molecule has 0 radical (unpaired) electrons. The molecule has 4 aromatic rings. The Labute approximate surface area is 168 Å². The van der Waals surface area contributed by atoms with Crippen LogP contribution in [0.1, 0.15) is 5.56 Å². The fraction of sp³-hybridized carbons (Fsp3) is 0.0870. The lowest BCUT2D eigenvalue weighted by Gasteiger charge is -2.10. The number of phenols is 1. The highest BCUT2D eigenvalue weighted by Gasteiger charge is 2.15. The van der Waals surface area contributed by atoms with E-state index < -0.39 is 0 Å². The van der Waals surface area contributed by atoms with E-state index >= 15 is 0 Å². The molecule has 0 saturated heterocycles. The molecule has 0 atom stereocenters. The predicted octanol–water partition coefficient (Wildman–Crippen LogP) is 5.72. The number of aromatic amines is 1. The van der Waals surface area contributed by atoms with Crippen LogP contribution in [0.4, 0.5) is 0 Å². The predicted molar refractivity (Wildman–Crippen MR) is 112 cm³/mol. The molecule has 0 saturated carbocycles. The van der Waals surface area contributed by atoms with Gasteiger partial charge in [0, 0.05) is 34.2 Å². The number of aromatic nitrogens is 2. The van der Waals surface area contributed by atoms with Gasteiger partial charge < -0.3 is 9.84 Å². The zero-order valence-corrected chi connectivity index (χ0v) is 15.9. The van der Waals surface area contributed by atoms with Crippen LogP contribution in [0.2, 0.25) is 5.02 Å². The van der Waals surface area contributed by atoms with Gasteiger partial charge in [0.15, 0.2) is 0 Å². The average Bonchev–Trinajstić information content (AvgIpc) is 3.18. The SMILES string of the molecule is Oc1cc(OCCc2ccccc2)ccc1-c1[nH]ncc1-c1ccccc1Cl. The van der Waals surface area contributed by atoms with Crippen molar-refractivity contribution in [2.75, 3.05) is 6.61 Å². The average molecular weight is 391 g/mol. The normalized spacial score (nSPS) is 10.8. The summed E-state index contributed by atoms with van der Waals surface area (Å²) in [6.07, 6.45) is 2.51. The Balaban J connectivity index is 1.53. The molecule has 5 heteroatoms. The summed E-state index contributed by atoms with van der Waals surface area (Å²) in [6, 6.07) is 23.0. The Hall–Kier alpha value is -3.24. The van der Waals surface area contributed by atoms with E-state index in [9.17, 15) is 5.11 Å². The summed E-state index contributed by atoms with van der Waals surface area (Å²) in [6.45, 7) is 0.539. The van der Waals surface area contributed by atoms with E-state index in [-0.39, 0.29) is 5.75 Å². The zero-order chi connectivity index (χ0) is 19.3. The highest BCUT2D eigenvalue weighted by atomic mass is 35.5. The highest BCUT2D eigenvalue weighted by Crippen LogP contribution is 2.39. The van der Waals surface area contributed by atoms with Crippen molar-refractivity contribution < 1.29 is 9.84 Å². The molecule has 1 heterocycles. The number of benzene rings is 3. The van der Waals surface area contributed by atoms with E-state index in [2.05, 4.69) is 22.3 Å². The Morgan fingerprint density at radius 3 is 2.46 bits per heavy atom. The second-order valence-corrected chi connectivity index (χ2v) is 6.81. The molecule has 0 aliphatic rings. The summed E-state index contributed by atoms with van der Waals surface area (Å²) in [5, 5.41) is 18.3. The van der Waals surface area contributed by atoms with Gasteiger partial charge in [-0.1, -0.05) is 60.1 Å². The molecule has 28 heavy (non-hydrogen) atoms. The van der Waals surface area contributed by atoms with E-state index in [0.717, 1.165) is 17.5 Å². The first-order chi connectivity index (χ1) is 13.7. The van der Waals surface area contributed by atoms with Crippen molar-refractivity contribution in [3.05, 3.63) is 89.6 Å². The van der Waals surface area contributed by atoms with Crippen molar-refractivity contribution in [2.45, 2.75) is 6.42 Å². The molecule has 140 valence electrons. The minimum atomic E-state index is 0.120. The van der Waals surface area contributed by atoms with Gasteiger partial charge >= 0.3 is 0 Å². The standard InChI is InChI=1S/C23H19ClN2O2/c24-21-9-5-4-8-18(21)20-15-25-26-23(20)19-11-10-17(14-22(19)27)28-13-12-16-6-2-1-3-7-16/h1-11,14-15,27H,12-13H2,(H,25,26). The monoisotopic (exact) mass is 390 g/mol. The first kappa shape index (κ1) is 18.1. The third-order valence-electron chi connectivity index (χ3n) is 4.54. The third kappa shape index (κ3) is 3.87. The molecule has 3 aromatic carbocycles. The van der Waals surface area contributed by atoms with Crippen molar-refractivity contribution in [1.29, 1.82) is 0 Å².